The highest BCUT2D eigenvalue weighted by Crippen LogP contribution is 2.36. The summed E-state index contributed by atoms with van der Waals surface area (Å²) in [6, 6.07) is 1.29. The Bertz CT molecular complexity index is 576. The molecule has 2 bridgehead atoms. The summed E-state index contributed by atoms with van der Waals surface area (Å²) >= 11 is 0. The van der Waals surface area contributed by atoms with Gasteiger partial charge in [-0.15, -0.1) is 0 Å². The minimum atomic E-state index is -1.34. The first-order valence-corrected chi connectivity index (χ1v) is 6.34. The molecule has 3 atom stereocenters. The fraction of sp³-hybridized carbons (Fsp3) is 0.500. The van der Waals surface area contributed by atoms with E-state index in [1.165, 1.54) is 6.07 Å². The van der Waals surface area contributed by atoms with E-state index in [-0.39, 0.29) is 23.8 Å². The normalized spacial score (nSPS) is 27.5. The predicted octanol–water partition coefficient (Wildman–Crippen LogP) is 1.42. The molecule has 0 aliphatic carbocycles. The van der Waals surface area contributed by atoms with Crippen LogP contribution >= 0.6 is 0 Å². The smallest absolute Gasteiger partial charge is 0.342 e. The summed E-state index contributed by atoms with van der Waals surface area (Å²) in [5.74, 6) is -1.01. The summed E-state index contributed by atoms with van der Waals surface area (Å²) in [5.41, 5.74) is -0.871. The molecule has 2 fully saturated rings. The van der Waals surface area contributed by atoms with Gasteiger partial charge in [-0.05, 0) is 19.3 Å². The number of rotatable bonds is 4. The van der Waals surface area contributed by atoms with E-state index in [0.717, 1.165) is 25.5 Å². The Morgan fingerprint density at radius 2 is 2.35 bits per heavy atom. The van der Waals surface area contributed by atoms with Gasteiger partial charge in [0, 0.05) is 6.07 Å². The van der Waals surface area contributed by atoms with Gasteiger partial charge in [0.2, 0.25) is 0 Å². The Hall–Kier alpha value is -2.22. The summed E-state index contributed by atoms with van der Waals surface area (Å²) < 4.78 is 5.68. The third kappa shape index (κ3) is 2.18. The Labute approximate surface area is 113 Å². The number of nitro groups is 1. The molecule has 106 valence electrons. The number of anilines is 1. The molecule has 8 nitrogen and oxygen atoms in total. The van der Waals surface area contributed by atoms with Gasteiger partial charge >= 0.3 is 11.7 Å². The molecule has 3 heterocycles. The maximum Gasteiger partial charge on any atom is 0.342 e. The summed E-state index contributed by atoms with van der Waals surface area (Å²) in [6.07, 6.45) is 4.23. The van der Waals surface area contributed by atoms with E-state index in [9.17, 15) is 14.9 Å². The molecule has 2 aliphatic rings. The van der Waals surface area contributed by atoms with E-state index in [2.05, 4.69) is 10.3 Å². The number of nitrogens with one attached hydrogen (secondary N) is 1. The van der Waals surface area contributed by atoms with Crippen molar-refractivity contribution in [3.05, 3.63) is 27.9 Å². The molecule has 2 N–H and O–H groups in total. The van der Waals surface area contributed by atoms with E-state index in [0.29, 0.717) is 5.82 Å². The van der Waals surface area contributed by atoms with Gasteiger partial charge < -0.3 is 15.2 Å². The summed E-state index contributed by atoms with van der Waals surface area (Å²) in [6.45, 7) is 0. The van der Waals surface area contributed by atoms with Crippen molar-refractivity contribution in [3.8, 4) is 0 Å². The maximum atomic E-state index is 11.1. The monoisotopic (exact) mass is 279 g/mol. The van der Waals surface area contributed by atoms with Crippen molar-refractivity contribution in [2.45, 2.75) is 37.5 Å². The number of hydrogen-bond acceptors (Lipinski definition) is 6. The molecule has 3 rings (SSSR count). The van der Waals surface area contributed by atoms with Gasteiger partial charge in [0.25, 0.3) is 0 Å². The Morgan fingerprint density at radius 1 is 1.55 bits per heavy atom. The average Bonchev–Trinajstić information content (AvgIpc) is 3.00. The molecule has 0 saturated carbocycles. The highest BCUT2D eigenvalue weighted by Gasteiger charge is 2.41. The van der Waals surface area contributed by atoms with Gasteiger partial charge in [-0.1, -0.05) is 0 Å². The third-order valence-corrected chi connectivity index (χ3v) is 3.75. The summed E-state index contributed by atoms with van der Waals surface area (Å²) in [7, 11) is 0. The molecule has 3 unspecified atom stereocenters. The second-order valence-electron chi connectivity index (χ2n) is 5.01. The van der Waals surface area contributed by atoms with Gasteiger partial charge in [-0.3, -0.25) is 10.1 Å². The number of aromatic carboxylic acids is 1. The van der Waals surface area contributed by atoms with E-state index in [4.69, 9.17) is 9.84 Å². The highest BCUT2D eigenvalue weighted by atomic mass is 16.6. The molecule has 0 aromatic carbocycles. The zero-order valence-electron chi connectivity index (χ0n) is 10.5. The molecule has 0 spiro atoms. The molecule has 20 heavy (non-hydrogen) atoms. The average molecular weight is 279 g/mol. The molecule has 1 aromatic rings. The van der Waals surface area contributed by atoms with Crippen LogP contribution in [0.2, 0.25) is 0 Å². The van der Waals surface area contributed by atoms with Crippen molar-refractivity contribution in [1.82, 2.24) is 4.98 Å². The van der Waals surface area contributed by atoms with Gasteiger partial charge in [0.1, 0.15) is 17.6 Å². The number of pyridine rings is 1. The van der Waals surface area contributed by atoms with Crippen LogP contribution in [0.3, 0.4) is 0 Å². The van der Waals surface area contributed by atoms with Crippen molar-refractivity contribution in [2.75, 3.05) is 5.32 Å². The Balaban J connectivity index is 1.82. The number of carboxylic acids is 1. The Morgan fingerprint density at radius 3 is 2.90 bits per heavy atom. The first kappa shape index (κ1) is 12.8. The van der Waals surface area contributed by atoms with Crippen LogP contribution in [0.15, 0.2) is 12.3 Å². The number of fused-ring (bicyclic) bond motifs is 2. The quantitative estimate of drug-likeness (QED) is 0.632. The van der Waals surface area contributed by atoms with Crippen molar-refractivity contribution >= 4 is 17.5 Å². The van der Waals surface area contributed by atoms with E-state index >= 15 is 0 Å². The SMILES string of the molecule is O=C(O)c1cc(NC2CC3CCC2O3)ncc1[N+](=O)[O-]. The molecule has 0 amide bonds. The number of aromatic nitrogens is 1. The standard InChI is InChI=1S/C12H13N3O5/c16-12(17)7-4-11(13-5-9(7)15(18)19)14-8-3-6-1-2-10(8)20-6/h4-6,8,10H,1-3H2,(H,13,14)(H,16,17). The Kier molecular flexibility index (Phi) is 3.01. The van der Waals surface area contributed by atoms with Gasteiger partial charge in [0.05, 0.1) is 23.2 Å². The third-order valence-electron chi connectivity index (χ3n) is 3.75. The van der Waals surface area contributed by atoms with Gasteiger partial charge in [-0.2, -0.15) is 0 Å². The van der Waals surface area contributed by atoms with Crippen LogP contribution in [0.5, 0.6) is 0 Å². The number of hydrogen-bond donors (Lipinski definition) is 2. The summed E-state index contributed by atoms with van der Waals surface area (Å²) in [4.78, 5) is 25.0. The van der Waals surface area contributed by atoms with Crippen molar-refractivity contribution < 1.29 is 19.6 Å². The molecule has 2 saturated heterocycles. The van der Waals surface area contributed by atoms with E-state index < -0.39 is 16.6 Å². The van der Waals surface area contributed by atoms with Gasteiger partial charge in [0.15, 0.2) is 0 Å². The van der Waals surface area contributed by atoms with Crippen LogP contribution < -0.4 is 5.32 Å². The first-order valence-electron chi connectivity index (χ1n) is 6.34. The minimum Gasteiger partial charge on any atom is -0.477 e. The van der Waals surface area contributed by atoms with Crippen LogP contribution in [0.4, 0.5) is 11.5 Å². The van der Waals surface area contributed by atoms with E-state index in [1.807, 2.05) is 0 Å². The predicted molar refractivity (Wildman–Crippen MR) is 67.8 cm³/mol. The minimum absolute atomic E-state index is 0.0874. The lowest BCUT2D eigenvalue weighted by atomic mass is 9.95. The molecule has 1 aromatic heterocycles. The second kappa shape index (κ2) is 4.71. The molecule has 2 aliphatic heterocycles. The molecule has 8 heteroatoms. The highest BCUT2D eigenvalue weighted by molar-refractivity contribution is 5.93. The first-order chi connectivity index (χ1) is 9.54. The largest absolute Gasteiger partial charge is 0.477 e. The van der Waals surface area contributed by atoms with E-state index in [1.54, 1.807) is 0 Å². The molecular formula is C12H13N3O5. The lowest BCUT2D eigenvalue weighted by molar-refractivity contribution is -0.385. The van der Waals surface area contributed by atoms with Gasteiger partial charge in [-0.25, -0.2) is 9.78 Å². The van der Waals surface area contributed by atoms with Crippen LogP contribution in [0.1, 0.15) is 29.6 Å². The second-order valence-corrected chi connectivity index (χ2v) is 5.01. The lowest BCUT2D eigenvalue weighted by Gasteiger charge is -2.20. The van der Waals surface area contributed by atoms with Crippen LogP contribution in [0.25, 0.3) is 0 Å². The van der Waals surface area contributed by atoms with Crippen molar-refractivity contribution in [3.63, 3.8) is 0 Å². The summed E-state index contributed by atoms with van der Waals surface area (Å²) in [5, 5.41) is 22.9. The molecular weight excluding hydrogens is 266 g/mol. The lowest BCUT2D eigenvalue weighted by Crippen LogP contribution is -2.30. The fourth-order valence-electron chi connectivity index (χ4n) is 2.82. The number of carbonyl (C=O) groups is 1. The zero-order valence-corrected chi connectivity index (χ0v) is 10.5. The zero-order chi connectivity index (χ0) is 14.3. The van der Waals surface area contributed by atoms with Crippen molar-refractivity contribution in [2.24, 2.45) is 0 Å². The van der Waals surface area contributed by atoms with Crippen LogP contribution in [0, 0.1) is 10.1 Å². The van der Waals surface area contributed by atoms with Crippen LogP contribution in [-0.2, 0) is 4.74 Å². The fourth-order valence-corrected chi connectivity index (χ4v) is 2.82. The number of nitrogens with zero attached hydrogens (tertiary/aromatic N) is 2. The van der Waals surface area contributed by atoms with Crippen molar-refractivity contribution in [1.29, 1.82) is 0 Å². The maximum absolute atomic E-state index is 11.1. The topological polar surface area (TPSA) is 115 Å². The number of ether oxygens (including phenoxy) is 1. The molecule has 0 radical (unpaired) electrons. The number of carboxylic acid groups (broad SMARTS) is 1. The van der Waals surface area contributed by atoms with Crippen LogP contribution in [-0.4, -0.2) is 39.2 Å².